The van der Waals surface area contributed by atoms with Crippen LogP contribution in [0.3, 0.4) is 0 Å². The molecule has 0 spiro atoms. The predicted molar refractivity (Wildman–Crippen MR) is 143 cm³/mol. The Kier molecular flexibility index (Phi) is 9.01. The van der Waals surface area contributed by atoms with Crippen molar-refractivity contribution < 1.29 is 27.8 Å². The smallest absolute Gasteiger partial charge is 0.475 e. The van der Waals surface area contributed by atoms with Crippen molar-refractivity contribution in [1.29, 1.82) is 0 Å². The van der Waals surface area contributed by atoms with Crippen LogP contribution < -0.4 is 15.5 Å². The van der Waals surface area contributed by atoms with Crippen molar-refractivity contribution in [3.8, 4) is 11.4 Å². The molecule has 1 aliphatic rings. The predicted octanol–water partition coefficient (Wildman–Crippen LogP) is 4.88. The van der Waals surface area contributed by atoms with Gasteiger partial charge in [0.15, 0.2) is 11.6 Å². The van der Waals surface area contributed by atoms with Crippen molar-refractivity contribution in [2.24, 2.45) is 7.05 Å². The highest BCUT2D eigenvalue weighted by atomic mass is 35.5. The van der Waals surface area contributed by atoms with Crippen LogP contribution in [0.2, 0.25) is 5.02 Å². The highest BCUT2D eigenvalue weighted by Crippen LogP contribution is 2.31. The van der Waals surface area contributed by atoms with Crippen molar-refractivity contribution in [3.63, 3.8) is 0 Å². The number of morpholine rings is 1. The number of nitrogens with one attached hydrogen (secondary N) is 2. The summed E-state index contributed by atoms with van der Waals surface area (Å²) >= 11 is 6.39. The zero-order valence-electron chi connectivity index (χ0n) is 21.1. The molecule has 11 nitrogen and oxygen atoms in total. The van der Waals surface area contributed by atoms with Crippen LogP contribution in [-0.2, 0) is 16.6 Å². The van der Waals surface area contributed by atoms with Crippen molar-refractivity contribution in [2.75, 3.05) is 41.8 Å². The van der Waals surface area contributed by atoms with Gasteiger partial charge in [0, 0.05) is 37.1 Å². The first-order chi connectivity index (χ1) is 19.1. The molecule has 210 valence electrons. The van der Waals surface area contributed by atoms with E-state index in [9.17, 15) is 13.2 Å². The lowest BCUT2D eigenvalue weighted by atomic mass is 10.1. The van der Waals surface area contributed by atoms with Gasteiger partial charge in [0.05, 0.1) is 25.1 Å². The van der Waals surface area contributed by atoms with Crippen molar-refractivity contribution in [1.82, 2.24) is 24.7 Å². The number of hydrogen-bond acceptors (Lipinski definition) is 9. The van der Waals surface area contributed by atoms with Gasteiger partial charge in [0.1, 0.15) is 11.3 Å². The van der Waals surface area contributed by atoms with Gasteiger partial charge in [0.2, 0.25) is 5.95 Å². The number of nitrogens with zero attached hydrogens (tertiary/aromatic N) is 6. The van der Waals surface area contributed by atoms with Crippen LogP contribution in [0, 0.1) is 0 Å². The van der Waals surface area contributed by atoms with E-state index in [-0.39, 0.29) is 0 Å². The number of ether oxygens (including phenoxy) is 1. The minimum atomic E-state index is -5.08. The van der Waals surface area contributed by atoms with Crippen LogP contribution in [0.4, 0.5) is 42.0 Å². The van der Waals surface area contributed by atoms with E-state index in [0.717, 1.165) is 43.2 Å². The lowest BCUT2D eigenvalue weighted by Gasteiger charge is -2.28. The maximum absolute atomic E-state index is 10.6. The van der Waals surface area contributed by atoms with E-state index >= 15 is 0 Å². The highest BCUT2D eigenvalue weighted by molar-refractivity contribution is 6.33. The average Bonchev–Trinajstić information content (AvgIpc) is 3.37. The minimum Gasteiger partial charge on any atom is -0.475 e. The molecule has 3 N–H and O–H groups in total. The topological polar surface area (TPSA) is 130 Å². The van der Waals surface area contributed by atoms with Gasteiger partial charge in [-0.15, -0.1) is 0 Å². The minimum absolute atomic E-state index is 0.409. The molecule has 0 unspecified atom stereocenters. The fourth-order valence-electron chi connectivity index (χ4n) is 3.60. The van der Waals surface area contributed by atoms with E-state index in [4.69, 9.17) is 26.2 Å². The maximum Gasteiger partial charge on any atom is 0.490 e. The summed E-state index contributed by atoms with van der Waals surface area (Å²) in [5.41, 5.74) is 3.70. The molecule has 0 amide bonds. The van der Waals surface area contributed by atoms with Crippen LogP contribution in [0.25, 0.3) is 11.4 Å². The fraction of sp³-hybridized carbons (Fsp3) is 0.240. The van der Waals surface area contributed by atoms with Gasteiger partial charge in [0.25, 0.3) is 0 Å². The number of benzene rings is 2. The molecule has 0 atom stereocenters. The molecule has 0 saturated carbocycles. The SMILES string of the molecule is Cn1cnc(-c2ccccc2Nc2nc(Nc3ccc(N4CCOCC4)cc3)ncc2Cl)n1.O=C(O)C(F)(F)F. The third kappa shape index (κ3) is 7.57. The Morgan fingerprint density at radius 2 is 1.73 bits per heavy atom. The number of aromatic nitrogens is 5. The summed E-state index contributed by atoms with van der Waals surface area (Å²) < 4.78 is 38.8. The molecule has 4 aromatic rings. The maximum atomic E-state index is 10.6. The molecular weight excluding hydrogens is 553 g/mol. The molecule has 15 heteroatoms. The molecule has 1 aliphatic heterocycles. The molecule has 0 bridgehead atoms. The number of carboxylic acids is 1. The standard InChI is InChI=1S/C23H23ClN8O.C2HF3O2/c1-31-15-26-21(30-31)18-4-2-3-5-20(18)28-22-19(24)14-25-23(29-22)27-16-6-8-17(9-7-16)32-10-12-33-13-11-32;3-2(4,5)1(6)7/h2-9,14-15H,10-13H2,1H3,(H2,25,27,28,29);(H,6,7). The molecule has 3 heterocycles. The molecule has 1 fully saturated rings. The number of alkyl halides is 3. The third-order valence-corrected chi connectivity index (χ3v) is 5.78. The van der Waals surface area contributed by atoms with E-state index in [1.165, 1.54) is 5.69 Å². The summed E-state index contributed by atoms with van der Waals surface area (Å²) in [5.74, 6) is -1.21. The summed E-state index contributed by atoms with van der Waals surface area (Å²) in [6.07, 6.45) is -1.85. The van der Waals surface area contributed by atoms with Crippen molar-refractivity contribution in [3.05, 3.63) is 66.1 Å². The van der Waals surface area contributed by atoms with Gasteiger partial charge in [-0.3, -0.25) is 4.68 Å². The first-order valence-electron chi connectivity index (χ1n) is 11.8. The molecule has 40 heavy (non-hydrogen) atoms. The zero-order valence-corrected chi connectivity index (χ0v) is 21.8. The molecule has 5 rings (SSSR count). The number of hydrogen-bond donors (Lipinski definition) is 3. The van der Waals surface area contributed by atoms with Crippen molar-refractivity contribution >= 4 is 46.4 Å². The Bertz CT molecular complexity index is 1440. The average molecular weight is 577 g/mol. The van der Waals surface area contributed by atoms with Crippen LogP contribution >= 0.6 is 11.6 Å². The molecule has 0 radical (unpaired) electrons. The fourth-order valence-corrected chi connectivity index (χ4v) is 3.74. The molecule has 0 aliphatic carbocycles. The van der Waals surface area contributed by atoms with Crippen LogP contribution in [-0.4, -0.2) is 68.3 Å². The monoisotopic (exact) mass is 576 g/mol. The Hall–Kier alpha value is -4.43. The highest BCUT2D eigenvalue weighted by Gasteiger charge is 2.38. The summed E-state index contributed by atoms with van der Waals surface area (Å²) in [5, 5.41) is 18.5. The molecular formula is C25H24ClF3N8O3. The lowest BCUT2D eigenvalue weighted by Crippen LogP contribution is -2.36. The molecule has 2 aromatic heterocycles. The van der Waals surface area contributed by atoms with E-state index < -0.39 is 12.1 Å². The first-order valence-corrected chi connectivity index (χ1v) is 12.2. The third-order valence-electron chi connectivity index (χ3n) is 5.51. The van der Waals surface area contributed by atoms with Crippen LogP contribution in [0.1, 0.15) is 0 Å². The van der Waals surface area contributed by atoms with Gasteiger partial charge < -0.3 is 25.4 Å². The van der Waals surface area contributed by atoms with E-state index in [0.29, 0.717) is 22.6 Å². The van der Waals surface area contributed by atoms with Gasteiger partial charge >= 0.3 is 12.1 Å². The number of para-hydroxylation sites is 1. The lowest BCUT2D eigenvalue weighted by molar-refractivity contribution is -0.192. The number of carbonyl (C=O) groups is 1. The van der Waals surface area contributed by atoms with Crippen molar-refractivity contribution in [2.45, 2.75) is 6.18 Å². The van der Waals surface area contributed by atoms with Gasteiger partial charge in [-0.1, -0.05) is 23.7 Å². The normalized spacial score (nSPS) is 13.3. The second-order valence-electron chi connectivity index (χ2n) is 8.38. The van der Waals surface area contributed by atoms with Gasteiger partial charge in [-0.2, -0.15) is 23.3 Å². The second kappa shape index (κ2) is 12.6. The van der Waals surface area contributed by atoms with Crippen LogP contribution in [0.15, 0.2) is 61.1 Å². The number of aliphatic carboxylic acids is 1. The summed E-state index contributed by atoms with van der Waals surface area (Å²) in [7, 11) is 1.83. The van der Waals surface area contributed by atoms with Gasteiger partial charge in [-0.05, 0) is 36.4 Å². The Labute approximate surface area is 231 Å². The Balaban J connectivity index is 0.000000470. The first kappa shape index (κ1) is 28.6. The van der Waals surface area contributed by atoms with Gasteiger partial charge in [-0.25, -0.2) is 14.8 Å². The second-order valence-corrected chi connectivity index (χ2v) is 8.78. The Morgan fingerprint density at radius 1 is 1.05 bits per heavy atom. The van der Waals surface area contributed by atoms with Crippen LogP contribution in [0.5, 0.6) is 0 Å². The molecule has 2 aromatic carbocycles. The number of aryl methyl sites for hydroxylation is 1. The summed E-state index contributed by atoms with van der Waals surface area (Å²) in [6, 6.07) is 15.9. The van der Waals surface area contributed by atoms with E-state index in [1.807, 2.05) is 43.4 Å². The van der Waals surface area contributed by atoms with E-state index in [1.54, 1.807) is 17.2 Å². The number of anilines is 5. The quantitative estimate of drug-likeness (QED) is 0.292. The number of carboxylic acid groups (broad SMARTS) is 1. The van der Waals surface area contributed by atoms with E-state index in [2.05, 4.69) is 47.7 Å². The largest absolute Gasteiger partial charge is 0.490 e. The zero-order chi connectivity index (χ0) is 28.7. The Morgan fingerprint density at radius 3 is 2.35 bits per heavy atom. The molecule has 1 saturated heterocycles. The number of halogens is 4. The number of rotatable bonds is 6. The summed E-state index contributed by atoms with van der Waals surface area (Å²) in [6.45, 7) is 3.32. The summed E-state index contributed by atoms with van der Waals surface area (Å²) in [4.78, 5) is 24.5.